The van der Waals surface area contributed by atoms with Crippen LogP contribution in [0.15, 0.2) is 41.0 Å². The van der Waals surface area contributed by atoms with Gasteiger partial charge in [0, 0.05) is 19.3 Å². The number of rotatable bonds is 5. The molecule has 4 heteroatoms. The molecule has 1 aromatic heterocycles. The fourth-order valence-corrected chi connectivity index (χ4v) is 1.63. The third-order valence-corrected chi connectivity index (χ3v) is 2.40. The van der Waals surface area contributed by atoms with Gasteiger partial charge in [0.1, 0.15) is 11.6 Å². The van der Waals surface area contributed by atoms with E-state index in [2.05, 4.69) is 5.32 Å². The molecule has 0 atom stereocenters. The Morgan fingerprint density at radius 2 is 2.18 bits per heavy atom. The number of halogens is 1. The third kappa shape index (κ3) is 2.65. The molecule has 0 unspecified atom stereocenters. The van der Waals surface area contributed by atoms with E-state index in [4.69, 9.17) is 9.15 Å². The quantitative estimate of drug-likeness (QED) is 0.808. The zero-order valence-corrected chi connectivity index (χ0v) is 9.57. The number of hydrogen-bond acceptors (Lipinski definition) is 3. The molecule has 3 nitrogen and oxygen atoms in total. The maximum atomic E-state index is 13.8. The molecule has 1 heterocycles. The summed E-state index contributed by atoms with van der Waals surface area (Å²) in [6, 6.07) is 8.37. The monoisotopic (exact) mass is 235 g/mol. The summed E-state index contributed by atoms with van der Waals surface area (Å²) in [4.78, 5) is 0. The fraction of sp³-hybridized carbons (Fsp3) is 0.231. The molecule has 0 amide bonds. The number of nitrogens with one attached hydrogen (secondary N) is 1. The summed E-state index contributed by atoms with van der Waals surface area (Å²) in [5.41, 5.74) is 1.16. The Balaban J connectivity index is 2.29. The maximum Gasteiger partial charge on any atom is 0.138 e. The van der Waals surface area contributed by atoms with Crippen LogP contribution in [0.4, 0.5) is 10.1 Å². The molecule has 1 aromatic carbocycles. The number of methoxy groups -OCH3 is 1. The lowest BCUT2D eigenvalue weighted by molar-refractivity contribution is 0.211. The average Bonchev–Trinajstić information content (AvgIpc) is 2.83. The molecule has 0 spiro atoms. The van der Waals surface area contributed by atoms with E-state index in [0.29, 0.717) is 30.2 Å². The van der Waals surface area contributed by atoms with E-state index >= 15 is 0 Å². The Hall–Kier alpha value is -1.81. The molecule has 0 fully saturated rings. The Morgan fingerprint density at radius 1 is 1.29 bits per heavy atom. The highest BCUT2D eigenvalue weighted by molar-refractivity contribution is 5.75. The Morgan fingerprint density at radius 3 is 2.88 bits per heavy atom. The van der Waals surface area contributed by atoms with Gasteiger partial charge in [0.2, 0.25) is 0 Å². The van der Waals surface area contributed by atoms with Crippen LogP contribution in [-0.2, 0) is 4.74 Å². The number of benzene rings is 1. The van der Waals surface area contributed by atoms with E-state index in [1.54, 1.807) is 25.3 Å². The van der Waals surface area contributed by atoms with Crippen LogP contribution in [-0.4, -0.2) is 20.3 Å². The second-order valence-corrected chi connectivity index (χ2v) is 3.56. The first-order valence-electron chi connectivity index (χ1n) is 5.38. The van der Waals surface area contributed by atoms with Crippen molar-refractivity contribution in [2.75, 3.05) is 25.6 Å². The van der Waals surface area contributed by atoms with Crippen molar-refractivity contribution in [3.63, 3.8) is 0 Å². The van der Waals surface area contributed by atoms with Crippen LogP contribution in [0.2, 0.25) is 0 Å². The van der Waals surface area contributed by atoms with Crippen molar-refractivity contribution in [2.45, 2.75) is 0 Å². The summed E-state index contributed by atoms with van der Waals surface area (Å²) in [5.74, 6) is 0.213. The van der Waals surface area contributed by atoms with Gasteiger partial charge in [-0.25, -0.2) is 4.39 Å². The summed E-state index contributed by atoms with van der Waals surface area (Å²) in [5, 5.41) is 3.12. The fourth-order valence-electron chi connectivity index (χ4n) is 1.63. The first-order chi connectivity index (χ1) is 8.33. The molecule has 1 N–H and O–H groups in total. The number of anilines is 1. The Bertz CT molecular complexity index is 468. The molecule has 0 aliphatic heterocycles. The SMILES string of the molecule is COCCNc1cccc(F)c1-c1ccco1. The number of hydrogen-bond donors (Lipinski definition) is 1. The summed E-state index contributed by atoms with van der Waals surface area (Å²) in [7, 11) is 1.63. The van der Waals surface area contributed by atoms with Crippen molar-refractivity contribution in [1.29, 1.82) is 0 Å². The lowest BCUT2D eigenvalue weighted by Gasteiger charge is -2.10. The molecule has 2 aromatic rings. The molecule has 90 valence electrons. The molecule has 17 heavy (non-hydrogen) atoms. The van der Waals surface area contributed by atoms with E-state index < -0.39 is 0 Å². The normalized spacial score (nSPS) is 10.5. The van der Waals surface area contributed by atoms with Crippen LogP contribution in [0.1, 0.15) is 0 Å². The largest absolute Gasteiger partial charge is 0.464 e. The van der Waals surface area contributed by atoms with Gasteiger partial charge in [-0.1, -0.05) is 6.07 Å². The van der Waals surface area contributed by atoms with Gasteiger partial charge in [0.05, 0.1) is 18.4 Å². The number of ether oxygens (including phenoxy) is 1. The zero-order chi connectivity index (χ0) is 12.1. The van der Waals surface area contributed by atoms with Gasteiger partial charge in [-0.3, -0.25) is 0 Å². The topological polar surface area (TPSA) is 34.4 Å². The standard InChI is InChI=1S/C13H14FNO2/c1-16-9-7-15-11-5-2-4-10(14)13(11)12-6-3-8-17-12/h2-6,8,15H,7,9H2,1H3. The minimum atomic E-state index is -0.303. The Labute approximate surface area is 99.2 Å². The van der Waals surface area contributed by atoms with Crippen molar-refractivity contribution in [2.24, 2.45) is 0 Å². The first kappa shape index (κ1) is 11.7. The van der Waals surface area contributed by atoms with Crippen molar-refractivity contribution in [3.05, 3.63) is 42.4 Å². The minimum absolute atomic E-state index is 0.303. The molecule has 0 aliphatic carbocycles. The van der Waals surface area contributed by atoms with Gasteiger partial charge in [0.25, 0.3) is 0 Å². The number of furan rings is 1. The van der Waals surface area contributed by atoms with Crippen molar-refractivity contribution in [3.8, 4) is 11.3 Å². The summed E-state index contributed by atoms with van der Waals surface area (Å²) in [6.45, 7) is 1.18. The van der Waals surface area contributed by atoms with E-state index in [0.717, 1.165) is 0 Å². The van der Waals surface area contributed by atoms with Crippen molar-refractivity contribution < 1.29 is 13.5 Å². The highest BCUT2D eigenvalue weighted by Gasteiger charge is 2.12. The third-order valence-electron chi connectivity index (χ3n) is 2.40. The lowest BCUT2D eigenvalue weighted by Crippen LogP contribution is -2.08. The molecular weight excluding hydrogens is 221 g/mol. The van der Waals surface area contributed by atoms with E-state index in [1.165, 1.54) is 12.3 Å². The highest BCUT2D eigenvalue weighted by atomic mass is 19.1. The molecule has 0 saturated carbocycles. The molecule has 0 radical (unpaired) electrons. The second kappa shape index (κ2) is 5.50. The maximum absolute atomic E-state index is 13.8. The average molecular weight is 235 g/mol. The molecule has 0 saturated heterocycles. The van der Waals surface area contributed by atoms with Crippen LogP contribution in [0, 0.1) is 5.82 Å². The highest BCUT2D eigenvalue weighted by Crippen LogP contribution is 2.30. The molecule has 0 bridgehead atoms. The van der Waals surface area contributed by atoms with E-state index in [1.807, 2.05) is 6.07 Å². The van der Waals surface area contributed by atoms with Crippen LogP contribution in [0.25, 0.3) is 11.3 Å². The molecule has 0 aliphatic rings. The summed E-state index contributed by atoms with van der Waals surface area (Å²) >= 11 is 0. The summed E-state index contributed by atoms with van der Waals surface area (Å²) < 4.78 is 24.0. The van der Waals surface area contributed by atoms with Crippen LogP contribution in [0.5, 0.6) is 0 Å². The second-order valence-electron chi connectivity index (χ2n) is 3.56. The van der Waals surface area contributed by atoms with Crippen molar-refractivity contribution >= 4 is 5.69 Å². The van der Waals surface area contributed by atoms with Gasteiger partial charge >= 0.3 is 0 Å². The predicted octanol–water partition coefficient (Wildman–Crippen LogP) is 3.14. The minimum Gasteiger partial charge on any atom is -0.464 e. The first-order valence-corrected chi connectivity index (χ1v) is 5.38. The van der Waals surface area contributed by atoms with Gasteiger partial charge in [-0.2, -0.15) is 0 Å². The van der Waals surface area contributed by atoms with Crippen LogP contribution >= 0.6 is 0 Å². The predicted molar refractivity (Wildman–Crippen MR) is 64.5 cm³/mol. The molecular formula is C13H14FNO2. The lowest BCUT2D eigenvalue weighted by atomic mass is 10.1. The molecule has 2 rings (SSSR count). The Kier molecular flexibility index (Phi) is 3.77. The van der Waals surface area contributed by atoms with E-state index in [9.17, 15) is 4.39 Å². The van der Waals surface area contributed by atoms with Crippen molar-refractivity contribution in [1.82, 2.24) is 0 Å². The van der Waals surface area contributed by atoms with Gasteiger partial charge in [-0.15, -0.1) is 0 Å². The smallest absolute Gasteiger partial charge is 0.138 e. The van der Waals surface area contributed by atoms with Gasteiger partial charge in [-0.05, 0) is 24.3 Å². The summed E-state index contributed by atoms with van der Waals surface area (Å²) in [6.07, 6.45) is 1.53. The van der Waals surface area contributed by atoms with Gasteiger partial charge in [0.15, 0.2) is 0 Å². The zero-order valence-electron chi connectivity index (χ0n) is 9.57. The van der Waals surface area contributed by atoms with Crippen LogP contribution in [0.3, 0.4) is 0 Å². The van der Waals surface area contributed by atoms with Crippen LogP contribution < -0.4 is 5.32 Å². The van der Waals surface area contributed by atoms with Gasteiger partial charge < -0.3 is 14.5 Å². The van der Waals surface area contributed by atoms with E-state index in [-0.39, 0.29) is 5.82 Å².